The fourth-order valence-corrected chi connectivity index (χ4v) is 15.9. The van der Waals surface area contributed by atoms with Crippen LogP contribution >= 0.6 is 63.7 Å². The van der Waals surface area contributed by atoms with Crippen LogP contribution in [0.1, 0.15) is 223 Å². The van der Waals surface area contributed by atoms with Crippen molar-refractivity contribution in [1.29, 1.82) is 0 Å². The summed E-state index contributed by atoms with van der Waals surface area (Å²) in [5, 5.41) is 13.4. The van der Waals surface area contributed by atoms with E-state index in [2.05, 4.69) is 116 Å². The third-order valence-electron chi connectivity index (χ3n) is 16.9. The van der Waals surface area contributed by atoms with E-state index < -0.39 is 0 Å². The molecule has 0 aromatic heterocycles. The highest BCUT2D eigenvalue weighted by Crippen LogP contribution is 2.55. The van der Waals surface area contributed by atoms with E-state index in [9.17, 15) is 0 Å². The average Bonchev–Trinajstić information content (AvgIpc) is 3.46. The molecule has 0 bridgehead atoms. The van der Waals surface area contributed by atoms with Crippen molar-refractivity contribution in [3.8, 4) is 0 Å². The highest BCUT2D eigenvalue weighted by atomic mass is 79.9. The lowest BCUT2D eigenvalue weighted by Crippen LogP contribution is -2.47. The number of carbonyl (C=O) groups excluding carboxylic acids is 4. The molecule has 8 aromatic carbocycles. The number of carbonyl (C=O) groups is 4. The van der Waals surface area contributed by atoms with Crippen molar-refractivity contribution in [2.75, 3.05) is 0 Å². The van der Waals surface area contributed by atoms with Gasteiger partial charge in [-0.05, 0) is 82.3 Å². The number of benzene rings is 8. The van der Waals surface area contributed by atoms with Crippen molar-refractivity contribution < 1.29 is 19.2 Å². The molecule has 10 heteroatoms. The van der Waals surface area contributed by atoms with Gasteiger partial charge < -0.3 is 0 Å². The highest BCUT2D eigenvalue weighted by molar-refractivity contribution is 9.11. The second kappa shape index (κ2) is 23.1. The molecule has 0 N–H and O–H groups in total. The van der Waals surface area contributed by atoms with E-state index in [1.807, 2.05) is 24.3 Å². The molecule has 0 aliphatic carbocycles. The average molecular weight is 1250 g/mol. The van der Waals surface area contributed by atoms with Gasteiger partial charge in [0.15, 0.2) is 0 Å². The smallest absolute Gasteiger partial charge is 0.261 e. The van der Waals surface area contributed by atoms with Crippen LogP contribution in [0.25, 0.3) is 75.4 Å². The Morgan fingerprint density at radius 2 is 0.541 bits per heavy atom. The maximum Gasteiger partial charge on any atom is 0.261 e. The van der Waals surface area contributed by atoms with Crippen molar-refractivity contribution in [3.05, 3.63) is 88.7 Å². The van der Waals surface area contributed by atoms with Gasteiger partial charge in [-0.25, -0.2) is 0 Å². The molecule has 0 saturated heterocycles. The predicted octanol–water partition coefficient (Wildman–Crippen LogP) is 21.1. The Labute approximate surface area is 470 Å². The monoisotopic (exact) mass is 1250 g/mol. The maximum atomic E-state index is 15.1. The topological polar surface area (TPSA) is 74.8 Å². The lowest BCUT2D eigenvalue weighted by Gasteiger charge is -2.35. The molecule has 388 valence electrons. The summed E-state index contributed by atoms with van der Waals surface area (Å²) < 4.78 is 3.26. The van der Waals surface area contributed by atoms with Gasteiger partial charge in [0.05, 0.1) is 0 Å². The minimum Gasteiger partial charge on any atom is -0.271 e. The van der Waals surface area contributed by atoms with E-state index in [0.717, 1.165) is 170 Å². The number of rotatable bonds is 26. The van der Waals surface area contributed by atoms with E-state index in [0.29, 0.717) is 22.3 Å². The van der Waals surface area contributed by atoms with Crippen LogP contribution in [0, 0.1) is 0 Å². The van der Waals surface area contributed by atoms with Crippen molar-refractivity contribution in [2.24, 2.45) is 0 Å². The molecule has 0 saturated carbocycles. The first kappa shape index (κ1) is 53.7. The second-order valence-corrected chi connectivity index (χ2v) is 25.2. The first-order chi connectivity index (χ1) is 36.0. The van der Waals surface area contributed by atoms with Crippen LogP contribution < -0.4 is 0 Å². The molecule has 0 radical (unpaired) electrons. The second-order valence-electron chi connectivity index (χ2n) is 21.8. The molecule has 2 aliphatic heterocycles. The van der Waals surface area contributed by atoms with Gasteiger partial charge in [0.1, 0.15) is 0 Å². The SMILES string of the molecule is CCCCCCCC(CCCCCCC)N1C(=O)c2cc(Br)c3c4ccc5c6c(Br)cc7c8c(cc(Br)c(c9ccc(c%10c(Br)cc(c2c3%10)C1=O)c4c59)c86)C(=O)N(C(CCCCCCC)CCCCCCC)C7=O. The third-order valence-corrected chi connectivity index (χ3v) is 19.4. The standard InChI is InChI=1S/C64H70Br4N2O4/c1-5-9-13-17-21-25-37(26-22-18-14-10-6-2)69-61(71)43-33-47(65)55-39-29-31-41-52-42(32-30-40(51(39)52)56-48(66)34-44(62(69)72)53(43)59(55)56)58-50(68)36-46-54-45(35-49(67)57(41)60(54)58)63(73)70(64(46)74)38(27-23-19-15-11-7-3)28-24-20-16-12-8-4/h29-38H,5-28H2,1-4H3. The number of fused-ring (bicyclic) bond motifs is 4. The zero-order valence-electron chi connectivity index (χ0n) is 43.8. The molecule has 0 spiro atoms. The van der Waals surface area contributed by atoms with Crippen LogP contribution in [0.2, 0.25) is 0 Å². The molecule has 74 heavy (non-hydrogen) atoms. The third kappa shape index (κ3) is 9.31. The molecule has 0 fully saturated rings. The summed E-state index contributed by atoms with van der Waals surface area (Å²) in [6.07, 6.45) is 25.9. The fourth-order valence-electron chi connectivity index (χ4n) is 13.3. The number of halogens is 4. The Morgan fingerprint density at radius 1 is 0.311 bits per heavy atom. The van der Waals surface area contributed by atoms with E-state index >= 15 is 19.2 Å². The van der Waals surface area contributed by atoms with Gasteiger partial charge in [0.25, 0.3) is 23.6 Å². The molecule has 4 amide bonds. The summed E-state index contributed by atoms with van der Waals surface area (Å²) in [5.41, 5.74) is 2.29. The lowest BCUT2D eigenvalue weighted by molar-refractivity contribution is 0.0501. The number of amides is 4. The van der Waals surface area contributed by atoms with Crippen molar-refractivity contribution in [3.63, 3.8) is 0 Å². The normalized spacial score (nSPS) is 14.2. The molecular weight excluding hydrogens is 1180 g/mol. The van der Waals surface area contributed by atoms with Crippen LogP contribution in [-0.4, -0.2) is 45.5 Å². The Kier molecular flexibility index (Phi) is 16.8. The summed E-state index contributed by atoms with van der Waals surface area (Å²) in [7, 11) is 0. The zero-order chi connectivity index (χ0) is 51.9. The van der Waals surface area contributed by atoms with Crippen LogP contribution in [-0.2, 0) is 0 Å². The molecule has 6 nitrogen and oxygen atoms in total. The Morgan fingerprint density at radius 3 is 0.770 bits per heavy atom. The Balaban J connectivity index is 1.11. The predicted molar refractivity (Wildman–Crippen MR) is 324 cm³/mol. The molecular formula is C64H70Br4N2O4. The Hall–Kier alpha value is -3.70. The summed E-state index contributed by atoms with van der Waals surface area (Å²) in [5.74, 6) is -0.786. The highest BCUT2D eigenvalue weighted by Gasteiger charge is 2.41. The van der Waals surface area contributed by atoms with E-state index in [1.54, 1.807) is 9.80 Å². The summed E-state index contributed by atoms with van der Waals surface area (Å²) >= 11 is 16.2. The van der Waals surface area contributed by atoms with Crippen molar-refractivity contribution in [2.45, 2.75) is 194 Å². The fraction of sp³-hybridized carbons (Fsp3) is 0.469. The lowest BCUT2D eigenvalue weighted by atomic mass is 9.80. The first-order valence-corrected chi connectivity index (χ1v) is 31.5. The molecule has 2 aliphatic rings. The Bertz CT molecular complexity index is 3040. The van der Waals surface area contributed by atoms with Crippen LogP contribution in [0.15, 0.2) is 66.4 Å². The van der Waals surface area contributed by atoms with Crippen LogP contribution in [0.3, 0.4) is 0 Å². The summed E-state index contributed by atoms with van der Waals surface area (Å²) in [4.78, 5) is 63.5. The van der Waals surface area contributed by atoms with Gasteiger partial charge >= 0.3 is 0 Å². The van der Waals surface area contributed by atoms with Gasteiger partial charge in [-0.1, -0.05) is 244 Å². The van der Waals surface area contributed by atoms with E-state index in [4.69, 9.17) is 0 Å². The summed E-state index contributed by atoms with van der Waals surface area (Å²) in [6.45, 7) is 8.91. The first-order valence-electron chi connectivity index (χ1n) is 28.3. The largest absolute Gasteiger partial charge is 0.271 e. The van der Waals surface area contributed by atoms with E-state index in [1.165, 1.54) is 77.0 Å². The molecule has 2 heterocycles. The van der Waals surface area contributed by atoms with Gasteiger partial charge in [-0.15, -0.1) is 0 Å². The quantitative estimate of drug-likeness (QED) is 0.0234. The number of imide groups is 2. The van der Waals surface area contributed by atoms with Gasteiger partial charge in [-0.3, -0.25) is 29.0 Å². The number of hydrogen-bond acceptors (Lipinski definition) is 4. The van der Waals surface area contributed by atoms with Gasteiger partial charge in [0, 0.05) is 95.3 Å². The maximum absolute atomic E-state index is 15.1. The molecule has 10 rings (SSSR count). The summed E-state index contributed by atoms with van der Waals surface area (Å²) in [6, 6.07) is 16.4. The number of nitrogens with zero attached hydrogens (tertiary/aromatic N) is 2. The zero-order valence-corrected chi connectivity index (χ0v) is 50.1. The van der Waals surface area contributed by atoms with Crippen LogP contribution in [0.4, 0.5) is 0 Å². The minimum atomic E-state index is -0.196. The minimum absolute atomic E-state index is 0.155. The van der Waals surface area contributed by atoms with E-state index in [-0.39, 0.29) is 35.7 Å². The van der Waals surface area contributed by atoms with Gasteiger partial charge in [0.2, 0.25) is 0 Å². The number of hydrogen-bond donors (Lipinski definition) is 0. The number of unbranched alkanes of at least 4 members (excludes halogenated alkanes) is 16. The molecule has 0 unspecified atom stereocenters. The van der Waals surface area contributed by atoms with Crippen molar-refractivity contribution in [1.82, 2.24) is 9.80 Å². The van der Waals surface area contributed by atoms with Gasteiger partial charge in [-0.2, -0.15) is 0 Å². The molecule has 0 atom stereocenters. The molecule has 8 aromatic rings. The van der Waals surface area contributed by atoms with Crippen LogP contribution in [0.5, 0.6) is 0 Å². The van der Waals surface area contributed by atoms with Crippen molar-refractivity contribution >= 4 is 163 Å².